The van der Waals surface area contributed by atoms with Crippen molar-refractivity contribution in [1.82, 2.24) is 9.88 Å². The van der Waals surface area contributed by atoms with Crippen LogP contribution in [0.15, 0.2) is 24.4 Å². The van der Waals surface area contributed by atoms with Gasteiger partial charge in [-0.05, 0) is 57.3 Å². The normalized spacial score (nSPS) is 18.4. The molecule has 0 saturated carbocycles. The molecule has 1 aromatic rings. The maximum atomic E-state index is 12.2. The van der Waals surface area contributed by atoms with E-state index in [2.05, 4.69) is 4.98 Å². The monoisotopic (exact) mass is 339 g/mol. The van der Waals surface area contributed by atoms with Crippen LogP contribution in [0.3, 0.4) is 0 Å². The molecule has 7 heteroatoms. The van der Waals surface area contributed by atoms with Crippen molar-refractivity contribution < 1.29 is 14.3 Å². The largest absolute Gasteiger partial charge is 0.444 e. The van der Waals surface area contributed by atoms with Gasteiger partial charge < -0.3 is 9.64 Å². The molecule has 6 nitrogen and oxygen atoms in total. The lowest BCUT2D eigenvalue weighted by atomic mass is 10.0. The van der Waals surface area contributed by atoms with E-state index in [-0.39, 0.29) is 12.1 Å². The van der Waals surface area contributed by atoms with Crippen LogP contribution in [0.4, 0.5) is 15.4 Å². The molecule has 0 unspecified atom stereocenters. The van der Waals surface area contributed by atoms with E-state index >= 15 is 0 Å². The van der Waals surface area contributed by atoms with Crippen molar-refractivity contribution in [1.29, 1.82) is 0 Å². The molecule has 2 amide bonds. The van der Waals surface area contributed by atoms with Crippen molar-refractivity contribution in [2.24, 2.45) is 0 Å². The molecule has 126 valence electrons. The molecule has 1 saturated heterocycles. The van der Waals surface area contributed by atoms with E-state index in [4.69, 9.17) is 16.3 Å². The third-order valence-electron chi connectivity index (χ3n) is 3.50. The Morgan fingerprint density at radius 3 is 2.70 bits per heavy atom. The zero-order valence-electron chi connectivity index (χ0n) is 13.7. The summed E-state index contributed by atoms with van der Waals surface area (Å²) in [5.41, 5.74) is -0.549. The zero-order valence-corrected chi connectivity index (χ0v) is 14.4. The molecule has 0 N–H and O–H groups in total. The predicted octanol–water partition coefficient (Wildman–Crippen LogP) is 3.65. The molecule has 0 aliphatic carbocycles. The molecule has 2 heterocycles. The van der Waals surface area contributed by atoms with Gasteiger partial charge in [-0.2, -0.15) is 0 Å². The predicted molar refractivity (Wildman–Crippen MR) is 88.8 cm³/mol. The van der Waals surface area contributed by atoms with E-state index in [1.807, 2.05) is 20.8 Å². The Balaban J connectivity index is 2.12. The van der Waals surface area contributed by atoms with Gasteiger partial charge in [0.2, 0.25) is 0 Å². The van der Waals surface area contributed by atoms with Crippen LogP contribution in [-0.4, -0.2) is 46.1 Å². The third-order valence-corrected chi connectivity index (χ3v) is 3.68. The SMILES string of the molecule is CC(C)(C)OC(=O)N1CCC[C@@H](N(C(=O)Cl)c2ccccn2)C1. The Kier molecular flexibility index (Phi) is 5.46. The molecule has 23 heavy (non-hydrogen) atoms. The Morgan fingerprint density at radius 1 is 1.39 bits per heavy atom. The number of piperidine rings is 1. The van der Waals surface area contributed by atoms with E-state index in [1.165, 1.54) is 4.90 Å². The summed E-state index contributed by atoms with van der Waals surface area (Å²) in [5, 5.41) is -0.597. The fourth-order valence-electron chi connectivity index (χ4n) is 2.57. The van der Waals surface area contributed by atoms with Crippen LogP contribution in [0.2, 0.25) is 0 Å². The number of rotatable bonds is 2. The maximum Gasteiger partial charge on any atom is 0.410 e. The molecule has 0 radical (unpaired) electrons. The van der Waals surface area contributed by atoms with Crippen LogP contribution in [0.1, 0.15) is 33.6 Å². The minimum absolute atomic E-state index is 0.212. The third kappa shape index (κ3) is 4.82. The second-order valence-corrected chi connectivity index (χ2v) is 6.86. The molecule has 0 spiro atoms. The molecule has 1 fully saturated rings. The zero-order chi connectivity index (χ0) is 17.0. The molecule has 2 rings (SSSR count). The first-order valence-electron chi connectivity index (χ1n) is 7.65. The van der Waals surface area contributed by atoms with Gasteiger partial charge in [0, 0.05) is 19.3 Å². The number of likely N-dealkylation sites (tertiary alicyclic amines) is 1. The van der Waals surface area contributed by atoms with E-state index in [0.717, 1.165) is 12.8 Å². The number of carbonyl (C=O) groups is 2. The van der Waals surface area contributed by atoms with Crippen molar-refractivity contribution in [3.63, 3.8) is 0 Å². The molecule has 1 aliphatic rings. The average molecular weight is 340 g/mol. The van der Waals surface area contributed by atoms with Crippen molar-refractivity contribution >= 4 is 28.9 Å². The topological polar surface area (TPSA) is 62.7 Å². The first-order chi connectivity index (χ1) is 10.8. The lowest BCUT2D eigenvalue weighted by Crippen LogP contribution is -2.52. The summed E-state index contributed by atoms with van der Waals surface area (Å²) in [5.74, 6) is 0.489. The highest BCUT2D eigenvalue weighted by molar-refractivity contribution is 6.66. The van der Waals surface area contributed by atoms with Crippen LogP contribution in [0, 0.1) is 0 Å². The summed E-state index contributed by atoms with van der Waals surface area (Å²) in [6.07, 6.45) is 2.77. The molecule has 1 atom stereocenters. The molecule has 0 aromatic carbocycles. The molecule has 1 aliphatic heterocycles. The fraction of sp³-hybridized carbons (Fsp3) is 0.562. The highest BCUT2D eigenvalue weighted by Crippen LogP contribution is 2.24. The first kappa shape index (κ1) is 17.5. The number of nitrogens with zero attached hydrogens (tertiary/aromatic N) is 3. The smallest absolute Gasteiger partial charge is 0.410 e. The maximum absolute atomic E-state index is 12.2. The van der Waals surface area contributed by atoms with Gasteiger partial charge in [0.05, 0.1) is 6.04 Å². The number of hydrogen-bond donors (Lipinski definition) is 0. The minimum Gasteiger partial charge on any atom is -0.444 e. The van der Waals surface area contributed by atoms with Gasteiger partial charge in [-0.1, -0.05) is 6.07 Å². The highest BCUT2D eigenvalue weighted by atomic mass is 35.5. The average Bonchev–Trinajstić information content (AvgIpc) is 2.47. The van der Waals surface area contributed by atoms with Gasteiger partial charge in [0.1, 0.15) is 11.4 Å². The number of carbonyl (C=O) groups excluding carboxylic acids is 2. The molecule has 0 bridgehead atoms. The Labute approximate surface area is 141 Å². The van der Waals surface area contributed by atoms with Gasteiger partial charge in [-0.3, -0.25) is 9.69 Å². The van der Waals surface area contributed by atoms with Crippen LogP contribution in [0.5, 0.6) is 0 Å². The summed E-state index contributed by atoms with van der Waals surface area (Å²) in [7, 11) is 0. The van der Waals surface area contributed by atoms with Gasteiger partial charge >= 0.3 is 11.5 Å². The number of amides is 2. The fourth-order valence-corrected chi connectivity index (χ4v) is 2.80. The van der Waals surface area contributed by atoms with Crippen molar-refractivity contribution in [2.45, 2.75) is 45.3 Å². The summed E-state index contributed by atoms with van der Waals surface area (Å²) >= 11 is 5.76. The Hall–Kier alpha value is -1.82. The van der Waals surface area contributed by atoms with Gasteiger partial charge in [-0.15, -0.1) is 0 Å². The van der Waals surface area contributed by atoms with E-state index in [0.29, 0.717) is 18.9 Å². The standard InChI is InChI=1S/C16H22ClN3O3/c1-16(2,3)23-15(22)19-10-6-7-12(11-19)20(14(17)21)13-8-4-5-9-18-13/h4-5,8-9,12H,6-7,10-11H2,1-3H3/t12-/m1/s1. The van der Waals surface area contributed by atoms with Crippen molar-refractivity contribution in [2.75, 3.05) is 18.0 Å². The summed E-state index contributed by atoms with van der Waals surface area (Å²) in [6, 6.07) is 5.08. The van der Waals surface area contributed by atoms with Gasteiger partial charge in [0.15, 0.2) is 0 Å². The number of pyridine rings is 1. The van der Waals surface area contributed by atoms with E-state index in [1.54, 1.807) is 29.3 Å². The number of halogens is 1. The Morgan fingerprint density at radius 2 is 2.13 bits per heavy atom. The second kappa shape index (κ2) is 7.17. The van der Waals surface area contributed by atoms with Crippen molar-refractivity contribution in [3.05, 3.63) is 24.4 Å². The lowest BCUT2D eigenvalue weighted by molar-refractivity contribution is 0.0200. The number of ether oxygens (including phenoxy) is 1. The van der Waals surface area contributed by atoms with Crippen LogP contribution >= 0.6 is 11.6 Å². The number of hydrogen-bond acceptors (Lipinski definition) is 4. The van der Waals surface area contributed by atoms with Crippen LogP contribution in [0.25, 0.3) is 0 Å². The van der Waals surface area contributed by atoms with Crippen LogP contribution < -0.4 is 4.90 Å². The summed E-state index contributed by atoms with van der Waals surface area (Å²) in [4.78, 5) is 31.4. The molecule has 1 aromatic heterocycles. The highest BCUT2D eigenvalue weighted by Gasteiger charge is 2.33. The Bertz CT molecular complexity index is 559. The van der Waals surface area contributed by atoms with E-state index in [9.17, 15) is 9.59 Å². The number of aromatic nitrogens is 1. The lowest BCUT2D eigenvalue weighted by Gasteiger charge is -2.38. The molecular formula is C16H22ClN3O3. The van der Waals surface area contributed by atoms with Crippen LogP contribution in [-0.2, 0) is 4.74 Å². The van der Waals surface area contributed by atoms with Gasteiger partial charge in [0.25, 0.3) is 0 Å². The minimum atomic E-state index is -0.597. The first-order valence-corrected chi connectivity index (χ1v) is 8.03. The quantitative estimate of drug-likeness (QED) is 0.609. The van der Waals surface area contributed by atoms with E-state index < -0.39 is 11.0 Å². The second-order valence-electron chi connectivity index (χ2n) is 6.53. The van der Waals surface area contributed by atoms with Gasteiger partial charge in [-0.25, -0.2) is 9.78 Å². The molecular weight excluding hydrogens is 318 g/mol. The van der Waals surface area contributed by atoms with Crippen molar-refractivity contribution in [3.8, 4) is 0 Å². The summed E-state index contributed by atoms with van der Waals surface area (Å²) in [6.45, 7) is 6.47. The summed E-state index contributed by atoms with van der Waals surface area (Å²) < 4.78 is 5.41. The number of anilines is 1.